The summed E-state index contributed by atoms with van der Waals surface area (Å²) in [5.41, 5.74) is 1.14. The molecule has 0 fully saturated rings. The molecular formula is C18H26BrNO. The van der Waals surface area contributed by atoms with E-state index < -0.39 is 0 Å². The Morgan fingerprint density at radius 3 is 2.86 bits per heavy atom. The standard InChI is InChI=1S/C18H26BrNO/c1-4-6-7-8-9-15(3)20-14-16-13-17(19)10-11-18(16)21-12-5-2/h2,10-11,13,15,20H,4,6-9,12,14H2,1,3H3. The van der Waals surface area contributed by atoms with Crippen molar-refractivity contribution in [1.29, 1.82) is 0 Å². The molecular weight excluding hydrogens is 326 g/mol. The highest BCUT2D eigenvalue weighted by molar-refractivity contribution is 9.10. The molecule has 1 rings (SSSR count). The first-order chi connectivity index (χ1) is 10.2. The van der Waals surface area contributed by atoms with Crippen LogP contribution in [0.1, 0.15) is 51.5 Å². The average Bonchev–Trinajstić information content (AvgIpc) is 2.48. The van der Waals surface area contributed by atoms with Gasteiger partial charge in [0.2, 0.25) is 0 Å². The third kappa shape index (κ3) is 7.55. The predicted octanol–water partition coefficient (Wildman–Crippen LogP) is 4.91. The van der Waals surface area contributed by atoms with Crippen molar-refractivity contribution >= 4 is 15.9 Å². The molecule has 0 heterocycles. The molecule has 0 radical (unpaired) electrons. The Balaban J connectivity index is 2.45. The van der Waals surface area contributed by atoms with Gasteiger partial charge >= 0.3 is 0 Å². The molecule has 0 saturated carbocycles. The van der Waals surface area contributed by atoms with Crippen LogP contribution < -0.4 is 10.1 Å². The van der Waals surface area contributed by atoms with E-state index in [9.17, 15) is 0 Å². The number of benzene rings is 1. The second kappa shape index (κ2) is 10.7. The second-order valence-electron chi connectivity index (χ2n) is 5.38. The molecule has 1 aromatic carbocycles. The lowest BCUT2D eigenvalue weighted by Crippen LogP contribution is -2.25. The topological polar surface area (TPSA) is 21.3 Å². The van der Waals surface area contributed by atoms with Gasteiger partial charge in [-0.3, -0.25) is 0 Å². The van der Waals surface area contributed by atoms with E-state index in [4.69, 9.17) is 11.2 Å². The van der Waals surface area contributed by atoms with Gasteiger partial charge in [0.25, 0.3) is 0 Å². The highest BCUT2D eigenvalue weighted by atomic mass is 79.9. The first-order valence-corrected chi connectivity index (χ1v) is 8.54. The first-order valence-electron chi connectivity index (χ1n) is 7.75. The fourth-order valence-corrected chi connectivity index (χ4v) is 2.62. The Morgan fingerprint density at radius 1 is 1.33 bits per heavy atom. The van der Waals surface area contributed by atoms with Crippen LogP contribution in [0, 0.1) is 12.3 Å². The fourth-order valence-electron chi connectivity index (χ4n) is 2.21. The summed E-state index contributed by atoms with van der Waals surface area (Å²) in [6, 6.07) is 6.54. The maximum absolute atomic E-state index is 5.59. The van der Waals surface area contributed by atoms with Crippen LogP contribution >= 0.6 is 15.9 Å². The van der Waals surface area contributed by atoms with Gasteiger partial charge in [-0.2, -0.15) is 0 Å². The van der Waals surface area contributed by atoms with Crippen molar-refractivity contribution in [3.8, 4) is 18.1 Å². The largest absolute Gasteiger partial charge is 0.481 e. The van der Waals surface area contributed by atoms with Gasteiger partial charge in [-0.1, -0.05) is 54.5 Å². The van der Waals surface area contributed by atoms with Crippen molar-refractivity contribution in [1.82, 2.24) is 5.32 Å². The molecule has 0 amide bonds. The zero-order valence-corrected chi connectivity index (χ0v) is 14.7. The van der Waals surface area contributed by atoms with E-state index in [0.717, 1.165) is 22.3 Å². The van der Waals surface area contributed by atoms with E-state index >= 15 is 0 Å². The van der Waals surface area contributed by atoms with E-state index in [-0.39, 0.29) is 0 Å². The minimum atomic E-state index is 0.307. The van der Waals surface area contributed by atoms with Gasteiger partial charge in [-0.15, -0.1) is 6.42 Å². The molecule has 0 saturated heterocycles. The van der Waals surface area contributed by atoms with Crippen molar-refractivity contribution in [2.24, 2.45) is 0 Å². The van der Waals surface area contributed by atoms with E-state index in [1.807, 2.05) is 12.1 Å². The smallest absolute Gasteiger partial charge is 0.148 e. The molecule has 0 spiro atoms. The van der Waals surface area contributed by atoms with Crippen LogP contribution in [0.4, 0.5) is 0 Å². The highest BCUT2D eigenvalue weighted by Gasteiger charge is 2.07. The van der Waals surface area contributed by atoms with Gasteiger partial charge in [0, 0.05) is 22.6 Å². The SMILES string of the molecule is C#CCOc1ccc(Br)cc1CNC(C)CCCCCC. The van der Waals surface area contributed by atoms with Crippen LogP contribution in [0.2, 0.25) is 0 Å². The molecule has 0 aromatic heterocycles. The maximum Gasteiger partial charge on any atom is 0.148 e. The molecule has 21 heavy (non-hydrogen) atoms. The van der Waals surface area contributed by atoms with Crippen LogP contribution in [0.5, 0.6) is 5.75 Å². The normalized spacial score (nSPS) is 11.9. The predicted molar refractivity (Wildman–Crippen MR) is 93.5 cm³/mol. The number of hydrogen-bond donors (Lipinski definition) is 1. The zero-order chi connectivity index (χ0) is 15.5. The lowest BCUT2D eigenvalue weighted by atomic mass is 10.1. The fraction of sp³-hybridized carbons (Fsp3) is 0.556. The molecule has 0 aliphatic carbocycles. The van der Waals surface area contributed by atoms with Gasteiger partial charge < -0.3 is 10.1 Å². The van der Waals surface area contributed by atoms with Gasteiger partial charge in [0.15, 0.2) is 0 Å². The molecule has 1 unspecified atom stereocenters. The second-order valence-corrected chi connectivity index (χ2v) is 6.29. The van der Waals surface area contributed by atoms with E-state index in [1.165, 1.54) is 32.1 Å². The summed E-state index contributed by atoms with van der Waals surface area (Å²) in [5, 5.41) is 3.57. The summed E-state index contributed by atoms with van der Waals surface area (Å²) in [5.74, 6) is 3.37. The Bertz CT molecular complexity index is 453. The van der Waals surface area contributed by atoms with Crippen LogP contribution in [-0.2, 0) is 6.54 Å². The Kier molecular flexibility index (Phi) is 9.21. The van der Waals surface area contributed by atoms with Crippen molar-refractivity contribution in [3.05, 3.63) is 28.2 Å². The first kappa shape index (κ1) is 18.1. The van der Waals surface area contributed by atoms with Crippen molar-refractivity contribution < 1.29 is 4.74 Å². The van der Waals surface area contributed by atoms with Crippen LogP contribution in [-0.4, -0.2) is 12.6 Å². The number of nitrogens with one attached hydrogen (secondary N) is 1. The molecule has 0 aliphatic rings. The average molecular weight is 352 g/mol. The Morgan fingerprint density at radius 2 is 2.14 bits per heavy atom. The van der Waals surface area contributed by atoms with E-state index in [0.29, 0.717) is 12.6 Å². The molecule has 116 valence electrons. The molecule has 0 bridgehead atoms. The Labute approximate surface area is 137 Å². The molecule has 0 aliphatic heterocycles. The number of rotatable bonds is 10. The molecule has 2 nitrogen and oxygen atoms in total. The molecule has 1 aromatic rings. The van der Waals surface area contributed by atoms with Gasteiger partial charge in [0.05, 0.1) is 0 Å². The quantitative estimate of drug-likeness (QED) is 0.477. The van der Waals surface area contributed by atoms with Gasteiger partial charge in [-0.25, -0.2) is 0 Å². The summed E-state index contributed by atoms with van der Waals surface area (Å²) in [7, 11) is 0. The Hall–Kier alpha value is -0.980. The lowest BCUT2D eigenvalue weighted by Gasteiger charge is -2.16. The summed E-state index contributed by atoms with van der Waals surface area (Å²) in [6.07, 6.45) is 11.7. The van der Waals surface area contributed by atoms with Crippen molar-refractivity contribution in [2.75, 3.05) is 6.61 Å². The maximum atomic E-state index is 5.59. The summed E-state index contributed by atoms with van der Waals surface area (Å²) in [4.78, 5) is 0. The lowest BCUT2D eigenvalue weighted by molar-refractivity contribution is 0.363. The van der Waals surface area contributed by atoms with Crippen molar-refractivity contribution in [3.63, 3.8) is 0 Å². The number of unbranched alkanes of at least 4 members (excludes halogenated alkanes) is 3. The number of hydrogen-bond acceptors (Lipinski definition) is 2. The third-order valence-electron chi connectivity index (χ3n) is 3.47. The van der Waals surface area contributed by atoms with Crippen molar-refractivity contribution in [2.45, 2.75) is 58.5 Å². The zero-order valence-electron chi connectivity index (χ0n) is 13.1. The van der Waals surface area contributed by atoms with E-state index in [1.54, 1.807) is 0 Å². The van der Waals surface area contributed by atoms with Crippen LogP contribution in [0.3, 0.4) is 0 Å². The highest BCUT2D eigenvalue weighted by Crippen LogP contribution is 2.23. The monoisotopic (exact) mass is 351 g/mol. The number of terminal acetylenes is 1. The minimum Gasteiger partial charge on any atom is -0.481 e. The third-order valence-corrected chi connectivity index (χ3v) is 3.96. The summed E-state index contributed by atoms with van der Waals surface area (Å²) >= 11 is 3.51. The van der Waals surface area contributed by atoms with Gasteiger partial charge in [-0.05, 0) is 31.5 Å². The van der Waals surface area contributed by atoms with Gasteiger partial charge in [0.1, 0.15) is 12.4 Å². The number of halogens is 1. The van der Waals surface area contributed by atoms with Crippen LogP contribution in [0.25, 0.3) is 0 Å². The van der Waals surface area contributed by atoms with Crippen LogP contribution in [0.15, 0.2) is 22.7 Å². The number of ether oxygens (including phenoxy) is 1. The van der Waals surface area contributed by atoms with E-state index in [2.05, 4.69) is 47.1 Å². The summed E-state index contributed by atoms with van der Waals surface area (Å²) in [6.45, 7) is 5.59. The molecule has 3 heteroatoms. The molecule has 1 atom stereocenters. The molecule has 1 N–H and O–H groups in total. The minimum absolute atomic E-state index is 0.307. The summed E-state index contributed by atoms with van der Waals surface area (Å²) < 4.78 is 6.65.